The van der Waals surface area contributed by atoms with E-state index in [-0.39, 0.29) is 54.8 Å². The second-order valence-corrected chi connectivity index (χ2v) is 12.2. The summed E-state index contributed by atoms with van der Waals surface area (Å²) in [5.74, 6) is 0.414. The molecular formula is C38H47IrN2O2-. The number of rotatable bonds is 9. The topological polar surface area (TPSA) is 63.1 Å². The molecule has 0 saturated heterocycles. The Bertz CT molecular complexity index is 1680. The number of ketones is 1. The number of aliphatic hydroxyl groups is 1. The van der Waals surface area contributed by atoms with Crippen LogP contribution in [0.5, 0.6) is 0 Å². The molecule has 2 aromatic heterocycles. The Hall–Kier alpha value is -2.88. The molecule has 0 spiro atoms. The van der Waals surface area contributed by atoms with Gasteiger partial charge in [-0.25, -0.2) is 0 Å². The van der Waals surface area contributed by atoms with Gasteiger partial charge in [-0.2, -0.15) is 11.6 Å². The van der Waals surface area contributed by atoms with Crippen molar-refractivity contribution in [1.82, 2.24) is 9.97 Å². The van der Waals surface area contributed by atoms with Crippen LogP contribution in [0.25, 0.3) is 33.1 Å². The first-order valence-electron chi connectivity index (χ1n) is 16.5. The van der Waals surface area contributed by atoms with Crippen molar-refractivity contribution in [3.63, 3.8) is 0 Å². The van der Waals surface area contributed by atoms with Gasteiger partial charge < -0.3 is 10.1 Å². The van der Waals surface area contributed by atoms with E-state index < -0.39 is 6.37 Å². The molecule has 1 radical (unpaired) electrons. The van der Waals surface area contributed by atoms with Crippen molar-refractivity contribution in [1.29, 1.82) is 0 Å². The normalized spacial score (nSPS) is 14.6. The summed E-state index contributed by atoms with van der Waals surface area (Å²) in [4.78, 5) is 21.3. The molecule has 0 amide bonds. The molecule has 5 heteroatoms. The number of nitrogens with zero attached hydrogens (tertiary/aromatic N) is 2. The predicted octanol–water partition coefficient (Wildman–Crippen LogP) is 9.96. The molecule has 2 aromatic carbocycles. The summed E-state index contributed by atoms with van der Waals surface area (Å²) in [6.45, 7) is 16.3. The van der Waals surface area contributed by atoms with Gasteiger partial charge in [-0.3, -0.25) is 9.78 Å². The fraction of sp³-hybridized carbons (Fsp3) is 0.447. The van der Waals surface area contributed by atoms with Crippen molar-refractivity contribution in [2.45, 2.75) is 92.9 Å². The Labute approximate surface area is 274 Å². The minimum Gasteiger partial charge on any atom is -0.512 e. The molecule has 0 atom stereocenters. The third-order valence-electron chi connectivity index (χ3n) is 8.67. The number of allylic oxidation sites excluding steroid dienone is 2. The van der Waals surface area contributed by atoms with E-state index >= 15 is 0 Å². The van der Waals surface area contributed by atoms with E-state index in [2.05, 4.69) is 43.1 Å². The molecule has 0 bridgehead atoms. The van der Waals surface area contributed by atoms with Crippen LogP contribution in [-0.4, -0.2) is 20.9 Å². The number of benzene rings is 2. The first-order chi connectivity index (χ1) is 20.8. The zero-order valence-corrected chi connectivity index (χ0v) is 29.2. The summed E-state index contributed by atoms with van der Waals surface area (Å²) in [6.07, 6.45) is 5.20. The van der Waals surface area contributed by atoms with Gasteiger partial charge >= 0.3 is 0 Å². The fourth-order valence-electron chi connectivity index (χ4n) is 6.08. The minimum absolute atomic E-state index is 0. The number of hydrogen-bond acceptors (Lipinski definition) is 4. The largest absolute Gasteiger partial charge is 0.512 e. The monoisotopic (exact) mass is 758 g/mol. The van der Waals surface area contributed by atoms with Gasteiger partial charge in [-0.1, -0.05) is 102 Å². The second-order valence-electron chi connectivity index (χ2n) is 12.2. The molecule has 0 saturated carbocycles. The molecule has 1 aliphatic rings. The van der Waals surface area contributed by atoms with E-state index in [9.17, 15) is 9.90 Å². The van der Waals surface area contributed by atoms with Crippen molar-refractivity contribution in [2.24, 2.45) is 17.8 Å². The van der Waals surface area contributed by atoms with E-state index in [0.29, 0.717) is 5.56 Å². The standard InChI is InChI=1S/C25H23N2.C13H24O2.Ir/c1-15(2)13-16-7-5-9-21-18(16)14-20-24(27-21)17-11-12-26-22-10-6-8-19(23(17)22)25(20,3)4;1-5-10(6-2)12(14)9-13(15)11(7-3)8-4;/h5-10,12,14-15H,13H2,1-4H3;9-11,14H,5-8H2,1-4H3;/q-1;;/b;12-9-;/i13D2;;. The number of aliphatic hydroxyl groups excluding tert-OH is 1. The third kappa shape index (κ3) is 7.10. The summed E-state index contributed by atoms with van der Waals surface area (Å²) in [6, 6.07) is 17.5. The van der Waals surface area contributed by atoms with Crippen LogP contribution in [0.15, 0.2) is 60.5 Å². The van der Waals surface area contributed by atoms with E-state index in [1.165, 1.54) is 11.6 Å². The molecule has 1 aliphatic carbocycles. The van der Waals surface area contributed by atoms with E-state index in [1.807, 2.05) is 65.8 Å². The third-order valence-corrected chi connectivity index (χ3v) is 8.67. The van der Waals surface area contributed by atoms with Gasteiger partial charge in [0, 0.05) is 51.7 Å². The maximum absolute atomic E-state index is 11.7. The maximum Gasteiger partial charge on any atom is 0.162 e. The van der Waals surface area contributed by atoms with Crippen LogP contribution in [0.2, 0.25) is 0 Å². The SMILES string of the molecule is CCC(CC)C(=O)/C=C(\O)C(CC)CC.[2H]C([2H])(c1cccc2nc3c(cc12)C(C)(C)c1cccc2nc[c-]c-3c12)C(C)C.[Ir]. The predicted molar refractivity (Wildman–Crippen MR) is 176 cm³/mol. The van der Waals surface area contributed by atoms with E-state index in [1.54, 1.807) is 6.20 Å². The molecular weight excluding hydrogens is 709 g/mol. The number of pyridine rings is 2. The van der Waals surface area contributed by atoms with Crippen molar-refractivity contribution in [2.75, 3.05) is 0 Å². The molecule has 0 unspecified atom stereocenters. The fourth-order valence-corrected chi connectivity index (χ4v) is 6.08. The van der Waals surface area contributed by atoms with Crippen molar-refractivity contribution in [3.8, 4) is 11.3 Å². The van der Waals surface area contributed by atoms with Crippen LogP contribution in [-0.2, 0) is 36.7 Å². The molecule has 4 aromatic rings. The molecule has 231 valence electrons. The van der Waals surface area contributed by atoms with Gasteiger partial charge in [0.1, 0.15) is 0 Å². The van der Waals surface area contributed by atoms with E-state index in [0.717, 1.165) is 64.3 Å². The first-order valence-corrected chi connectivity index (χ1v) is 15.5. The number of aromatic nitrogens is 2. The quantitative estimate of drug-likeness (QED) is 0.105. The van der Waals surface area contributed by atoms with Crippen LogP contribution < -0.4 is 0 Å². The maximum atomic E-state index is 11.7. The number of carbonyl (C=O) groups is 1. The van der Waals surface area contributed by atoms with Crippen LogP contribution in [0.3, 0.4) is 0 Å². The summed E-state index contributed by atoms with van der Waals surface area (Å²) in [7, 11) is 0. The zero-order chi connectivity index (χ0) is 32.4. The van der Waals surface area contributed by atoms with Gasteiger partial charge in [0.25, 0.3) is 0 Å². The summed E-state index contributed by atoms with van der Waals surface area (Å²) < 4.78 is 17.4. The summed E-state index contributed by atoms with van der Waals surface area (Å²) >= 11 is 0. The first kappa shape index (κ1) is 31.5. The number of carbonyl (C=O) groups excluding carboxylic acids is 1. The smallest absolute Gasteiger partial charge is 0.162 e. The van der Waals surface area contributed by atoms with Crippen LogP contribution in [0.1, 0.15) is 101 Å². The van der Waals surface area contributed by atoms with Gasteiger partial charge in [0.05, 0.1) is 11.3 Å². The van der Waals surface area contributed by atoms with Crippen molar-refractivity contribution >= 4 is 27.6 Å². The molecule has 1 N–H and O–H groups in total. The van der Waals surface area contributed by atoms with E-state index in [4.69, 9.17) is 7.73 Å². The molecule has 0 fully saturated rings. The summed E-state index contributed by atoms with van der Waals surface area (Å²) in [5.41, 5.74) is 6.46. The molecule has 2 heterocycles. The number of hydrogen-bond donors (Lipinski definition) is 1. The molecule has 0 aliphatic heterocycles. The Morgan fingerprint density at radius 1 is 0.977 bits per heavy atom. The van der Waals surface area contributed by atoms with Crippen LogP contribution in [0.4, 0.5) is 0 Å². The number of fused-ring (bicyclic) bond motifs is 3. The summed E-state index contributed by atoms with van der Waals surface area (Å²) in [5, 5.41) is 11.8. The van der Waals surface area contributed by atoms with Crippen molar-refractivity contribution in [3.05, 3.63) is 83.3 Å². The molecule has 5 rings (SSSR count). The second kappa shape index (κ2) is 14.7. The van der Waals surface area contributed by atoms with Gasteiger partial charge in [-0.15, -0.1) is 0 Å². The van der Waals surface area contributed by atoms with Crippen LogP contribution in [0, 0.1) is 23.8 Å². The van der Waals surface area contributed by atoms with Crippen molar-refractivity contribution < 1.29 is 32.7 Å². The van der Waals surface area contributed by atoms with Gasteiger partial charge in [-0.05, 0) is 73.0 Å². The Morgan fingerprint density at radius 2 is 1.60 bits per heavy atom. The average molecular weight is 758 g/mol. The Kier molecular flexibility index (Phi) is 10.8. The minimum atomic E-state index is -1.43. The van der Waals surface area contributed by atoms with Gasteiger partial charge in [0.15, 0.2) is 5.78 Å². The molecule has 4 nitrogen and oxygen atoms in total. The molecule has 43 heavy (non-hydrogen) atoms. The zero-order valence-electron chi connectivity index (χ0n) is 28.8. The Balaban J connectivity index is 0.000000297. The average Bonchev–Trinajstić information content (AvgIpc) is 3.00. The Morgan fingerprint density at radius 3 is 2.23 bits per heavy atom. The van der Waals surface area contributed by atoms with Gasteiger partial charge in [0.2, 0.25) is 0 Å². The van der Waals surface area contributed by atoms with Crippen LogP contribution >= 0.6 is 0 Å².